The van der Waals surface area contributed by atoms with Crippen LogP contribution >= 0.6 is 0 Å². The molecule has 7 nitrogen and oxygen atoms in total. The zero-order valence-electron chi connectivity index (χ0n) is 12.0. The summed E-state index contributed by atoms with van der Waals surface area (Å²) in [7, 11) is 0. The highest BCUT2D eigenvalue weighted by Gasteiger charge is 2.21. The van der Waals surface area contributed by atoms with Crippen molar-refractivity contribution in [1.82, 2.24) is 16.0 Å². The van der Waals surface area contributed by atoms with E-state index in [4.69, 9.17) is 21.7 Å². The number of nitrogens with two attached hydrogens (primary N) is 2. The lowest BCUT2D eigenvalue weighted by atomic mass is 9.90. The van der Waals surface area contributed by atoms with Gasteiger partial charge in [0.15, 0.2) is 0 Å². The van der Waals surface area contributed by atoms with Crippen molar-refractivity contribution in [2.24, 2.45) is 16.9 Å². The Labute approximate surface area is 116 Å². The van der Waals surface area contributed by atoms with Crippen molar-refractivity contribution in [3.8, 4) is 0 Å². The second-order valence-corrected chi connectivity index (χ2v) is 5.20. The highest BCUT2D eigenvalue weighted by atomic mass is 16.3. The first-order valence-corrected chi connectivity index (χ1v) is 6.89. The largest absolute Gasteiger partial charge is 0.394 e. The molecule has 0 heterocycles. The van der Waals surface area contributed by atoms with E-state index in [1.165, 1.54) is 0 Å². The van der Waals surface area contributed by atoms with Gasteiger partial charge in [-0.1, -0.05) is 6.92 Å². The third kappa shape index (κ3) is 10.2. The van der Waals surface area contributed by atoms with Crippen LogP contribution in [0.25, 0.3) is 0 Å². The Morgan fingerprint density at radius 3 is 2.16 bits per heavy atom. The van der Waals surface area contributed by atoms with E-state index in [0.29, 0.717) is 19.6 Å². The molecule has 19 heavy (non-hydrogen) atoms. The number of aliphatic hydroxyl groups is 2. The van der Waals surface area contributed by atoms with E-state index in [9.17, 15) is 0 Å². The van der Waals surface area contributed by atoms with Gasteiger partial charge in [0.25, 0.3) is 0 Å². The topological polar surface area (TPSA) is 129 Å². The Hall–Kier alpha value is -0.280. The maximum Gasteiger partial charge on any atom is 0.0894 e. The van der Waals surface area contributed by atoms with Crippen molar-refractivity contribution in [2.45, 2.75) is 13.0 Å². The van der Waals surface area contributed by atoms with Crippen LogP contribution in [0.3, 0.4) is 0 Å². The van der Waals surface area contributed by atoms with Crippen molar-refractivity contribution < 1.29 is 10.2 Å². The average Bonchev–Trinajstić information content (AvgIpc) is 2.42. The van der Waals surface area contributed by atoms with E-state index in [2.05, 4.69) is 22.9 Å². The second kappa shape index (κ2) is 11.5. The third-order valence-electron chi connectivity index (χ3n) is 2.99. The molecule has 0 fully saturated rings. The molecule has 0 spiro atoms. The standard InChI is InChI=1S/C12H31N5O2/c1-12(8-14,9-16-3-2-13)10-17-5-4-15-6-11(19)7-18/h11,15-19H,2-10,13-14H2,1H3. The van der Waals surface area contributed by atoms with Gasteiger partial charge in [-0.25, -0.2) is 0 Å². The maximum atomic E-state index is 9.13. The van der Waals surface area contributed by atoms with Crippen LogP contribution in [0.4, 0.5) is 0 Å². The van der Waals surface area contributed by atoms with Crippen LogP contribution in [0, 0.1) is 5.41 Å². The summed E-state index contributed by atoms with van der Waals surface area (Å²) in [5, 5.41) is 27.5. The van der Waals surface area contributed by atoms with Crippen molar-refractivity contribution in [3.05, 3.63) is 0 Å². The molecule has 0 aromatic rings. The molecule has 2 unspecified atom stereocenters. The predicted octanol–water partition coefficient (Wildman–Crippen LogP) is -2.97. The molecule has 0 aliphatic carbocycles. The van der Waals surface area contributed by atoms with E-state index in [1.807, 2.05) is 0 Å². The third-order valence-corrected chi connectivity index (χ3v) is 2.99. The number of rotatable bonds is 13. The lowest BCUT2D eigenvalue weighted by Crippen LogP contribution is -2.47. The maximum absolute atomic E-state index is 9.13. The van der Waals surface area contributed by atoms with Crippen molar-refractivity contribution in [2.75, 3.05) is 59.0 Å². The zero-order chi connectivity index (χ0) is 14.6. The Morgan fingerprint density at radius 1 is 1.05 bits per heavy atom. The first kappa shape index (κ1) is 18.7. The van der Waals surface area contributed by atoms with Gasteiger partial charge in [-0.3, -0.25) is 0 Å². The van der Waals surface area contributed by atoms with Gasteiger partial charge in [0.05, 0.1) is 12.7 Å². The Balaban J connectivity index is 3.59. The summed E-state index contributed by atoms with van der Waals surface area (Å²) in [6.45, 7) is 7.57. The van der Waals surface area contributed by atoms with E-state index >= 15 is 0 Å². The fourth-order valence-corrected chi connectivity index (χ4v) is 1.60. The van der Waals surface area contributed by atoms with Gasteiger partial charge in [-0.05, 0) is 0 Å². The fraction of sp³-hybridized carbons (Fsp3) is 1.00. The van der Waals surface area contributed by atoms with Crippen LogP contribution in [-0.2, 0) is 0 Å². The number of hydrogen-bond donors (Lipinski definition) is 7. The monoisotopic (exact) mass is 277 g/mol. The average molecular weight is 277 g/mol. The Bertz CT molecular complexity index is 209. The molecule has 0 bridgehead atoms. The predicted molar refractivity (Wildman–Crippen MR) is 77.9 cm³/mol. The molecular weight excluding hydrogens is 246 g/mol. The molecule has 116 valence electrons. The summed E-state index contributed by atoms with van der Waals surface area (Å²) in [4.78, 5) is 0. The molecule has 0 amide bonds. The van der Waals surface area contributed by atoms with E-state index in [0.717, 1.165) is 32.7 Å². The molecule has 0 aromatic carbocycles. The van der Waals surface area contributed by atoms with Gasteiger partial charge in [0.2, 0.25) is 0 Å². The molecule has 0 rings (SSSR count). The van der Waals surface area contributed by atoms with Gasteiger partial charge in [0, 0.05) is 57.8 Å². The van der Waals surface area contributed by atoms with E-state index < -0.39 is 6.10 Å². The van der Waals surface area contributed by atoms with Crippen LogP contribution in [0.15, 0.2) is 0 Å². The summed E-state index contributed by atoms with van der Waals surface area (Å²) in [5.74, 6) is 0. The zero-order valence-corrected chi connectivity index (χ0v) is 12.0. The van der Waals surface area contributed by atoms with Crippen molar-refractivity contribution in [1.29, 1.82) is 0 Å². The van der Waals surface area contributed by atoms with Crippen molar-refractivity contribution in [3.63, 3.8) is 0 Å². The highest BCUT2D eigenvalue weighted by Crippen LogP contribution is 2.10. The van der Waals surface area contributed by atoms with Crippen LogP contribution in [0.2, 0.25) is 0 Å². The summed E-state index contributed by atoms with van der Waals surface area (Å²) in [6.07, 6.45) is -0.685. The summed E-state index contributed by atoms with van der Waals surface area (Å²) >= 11 is 0. The van der Waals surface area contributed by atoms with Gasteiger partial charge < -0.3 is 37.6 Å². The minimum atomic E-state index is -0.685. The SMILES string of the molecule is CC(CN)(CNCCN)CNCCNCC(O)CO. The lowest BCUT2D eigenvalue weighted by molar-refractivity contribution is 0.0946. The second-order valence-electron chi connectivity index (χ2n) is 5.20. The molecular formula is C12H31N5O2. The van der Waals surface area contributed by atoms with Crippen LogP contribution in [0.1, 0.15) is 6.92 Å². The van der Waals surface area contributed by atoms with Crippen molar-refractivity contribution >= 4 is 0 Å². The molecule has 0 saturated heterocycles. The molecule has 2 atom stereocenters. The van der Waals surface area contributed by atoms with Gasteiger partial charge in [-0.15, -0.1) is 0 Å². The van der Waals surface area contributed by atoms with Crippen LogP contribution in [0.5, 0.6) is 0 Å². The van der Waals surface area contributed by atoms with E-state index in [1.54, 1.807) is 0 Å². The molecule has 0 saturated carbocycles. The summed E-state index contributed by atoms with van der Waals surface area (Å²) in [6, 6.07) is 0. The minimum Gasteiger partial charge on any atom is -0.394 e. The molecule has 7 heteroatoms. The highest BCUT2D eigenvalue weighted by molar-refractivity contribution is 4.80. The lowest BCUT2D eigenvalue weighted by Gasteiger charge is -2.28. The fourth-order valence-electron chi connectivity index (χ4n) is 1.60. The van der Waals surface area contributed by atoms with Gasteiger partial charge in [0.1, 0.15) is 0 Å². The molecule has 0 aliphatic rings. The Morgan fingerprint density at radius 2 is 1.63 bits per heavy atom. The normalized spacial score (nSPS) is 16.3. The molecule has 9 N–H and O–H groups in total. The van der Waals surface area contributed by atoms with Gasteiger partial charge >= 0.3 is 0 Å². The Kier molecular flexibility index (Phi) is 11.4. The number of hydrogen-bond acceptors (Lipinski definition) is 7. The number of aliphatic hydroxyl groups excluding tert-OH is 2. The van der Waals surface area contributed by atoms with E-state index in [-0.39, 0.29) is 12.0 Å². The van der Waals surface area contributed by atoms with Crippen LogP contribution < -0.4 is 27.4 Å². The molecule has 0 aliphatic heterocycles. The molecule has 0 radical (unpaired) electrons. The van der Waals surface area contributed by atoms with Gasteiger partial charge in [-0.2, -0.15) is 0 Å². The first-order chi connectivity index (χ1) is 9.08. The quantitative estimate of drug-likeness (QED) is 0.179. The number of nitrogens with one attached hydrogen (secondary N) is 3. The smallest absolute Gasteiger partial charge is 0.0894 e. The van der Waals surface area contributed by atoms with Crippen LogP contribution in [-0.4, -0.2) is 75.3 Å². The summed E-state index contributed by atoms with van der Waals surface area (Å²) < 4.78 is 0. The summed E-state index contributed by atoms with van der Waals surface area (Å²) in [5.41, 5.74) is 11.2. The molecule has 0 aromatic heterocycles. The minimum absolute atomic E-state index is 0.0137. The first-order valence-electron chi connectivity index (χ1n) is 6.89.